The Bertz CT molecular complexity index is 1010. The Hall–Kier alpha value is -2.57. The van der Waals surface area contributed by atoms with E-state index in [9.17, 15) is 18.0 Å². The number of aryl methyl sites for hydroxylation is 1. The molecule has 2 heterocycles. The maximum Gasteiger partial charge on any atom is 0.433 e. The zero-order valence-electron chi connectivity index (χ0n) is 18.9. The molecule has 1 spiro atoms. The molecule has 1 aliphatic heterocycles. The number of alkyl halides is 3. The molecule has 1 saturated heterocycles. The molecule has 2 saturated carbocycles. The van der Waals surface area contributed by atoms with Crippen LogP contribution in [-0.4, -0.2) is 34.5 Å². The first-order valence-electron chi connectivity index (χ1n) is 11.9. The van der Waals surface area contributed by atoms with E-state index in [1.54, 1.807) is 11.8 Å². The minimum atomic E-state index is -4.49. The van der Waals surface area contributed by atoms with Crippen molar-refractivity contribution in [2.24, 2.45) is 5.92 Å². The van der Waals surface area contributed by atoms with Gasteiger partial charge in [-0.2, -0.15) is 13.2 Å². The van der Waals surface area contributed by atoms with Gasteiger partial charge in [0, 0.05) is 6.54 Å². The van der Waals surface area contributed by atoms with Gasteiger partial charge in [-0.25, -0.2) is 9.78 Å². The van der Waals surface area contributed by atoms with Gasteiger partial charge in [0.05, 0.1) is 24.0 Å². The van der Waals surface area contributed by atoms with Gasteiger partial charge in [0.2, 0.25) is 0 Å². The number of anilines is 1. The van der Waals surface area contributed by atoms with Gasteiger partial charge in [0.1, 0.15) is 5.69 Å². The number of pyridine rings is 1. The predicted molar refractivity (Wildman–Crippen MR) is 121 cm³/mol. The number of hydrogen-bond acceptors (Lipinski definition) is 2. The molecule has 3 fully saturated rings. The summed E-state index contributed by atoms with van der Waals surface area (Å²) in [6.07, 6.45) is 4.08. The third-order valence-corrected chi connectivity index (χ3v) is 8.00. The predicted octanol–water partition coefficient (Wildman–Crippen LogP) is 6.55. The fourth-order valence-electron chi connectivity index (χ4n) is 5.82. The van der Waals surface area contributed by atoms with E-state index in [0.717, 1.165) is 51.1 Å². The van der Waals surface area contributed by atoms with Crippen molar-refractivity contribution in [3.8, 4) is 0 Å². The Labute approximate surface area is 192 Å². The van der Waals surface area contributed by atoms with Crippen LogP contribution in [0.1, 0.15) is 67.7 Å². The van der Waals surface area contributed by atoms with Gasteiger partial charge in [0.25, 0.3) is 0 Å². The fraction of sp³-hybridized carbons (Fsp3) is 0.538. The lowest BCUT2D eigenvalue weighted by Crippen LogP contribution is -2.51. The summed E-state index contributed by atoms with van der Waals surface area (Å²) in [4.78, 5) is 21.0. The van der Waals surface area contributed by atoms with E-state index in [4.69, 9.17) is 0 Å². The molecule has 0 unspecified atom stereocenters. The van der Waals surface area contributed by atoms with E-state index < -0.39 is 11.9 Å². The quantitative estimate of drug-likeness (QED) is 0.522. The molecule has 2 amide bonds. The number of urea groups is 1. The van der Waals surface area contributed by atoms with E-state index in [2.05, 4.69) is 34.1 Å². The number of hydrogen-bond donors (Lipinski definition) is 0. The minimum absolute atomic E-state index is 0.0790. The van der Waals surface area contributed by atoms with E-state index in [-0.39, 0.29) is 11.6 Å². The molecule has 2 aliphatic carbocycles. The summed E-state index contributed by atoms with van der Waals surface area (Å²) >= 11 is 0. The van der Waals surface area contributed by atoms with Crippen LogP contribution in [0.2, 0.25) is 0 Å². The number of halogens is 3. The molecule has 2 aromatic rings. The van der Waals surface area contributed by atoms with Crippen molar-refractivity contribution >= 4 is 11.7 Å². The SMILES string of the molecule is Cc1cc(C(F)(F)F)ncc1N1CC2(CCC(c3ccccc3)CC2)N(CC2CCC2)C1=O. The molecule has 0 N–H and O–H groups in total. The molecule has 33 heavy (non-hydrogen) atoms. The van der Waals surface area contributed by atoms with Crippen molar-refractivity contribution in [2.75, 3.05) is 18.0 Å². The van der Waals surface area contributed by atoms with Gasteiger partial charge < -0.3 is 4.90 Å². The first kappa shape index (κ1) is 22.2. The highest BCUT2D eigenvalue weighted by Crippen LogP contribution is 2.47. The van der Waals surface area contributed by atoms with E-state index in [1.165, 1.54) is 18.2 Å². The molecule has 0 radical (unpaired) electrons. The smallest absolute Gasteiger partial charge is 0.317 e. The van der Waals surface area contributed by atoms with Crippen molar-refractivity contribution in [1.82, 2.24) is 9.88 Å². The molecule has 0 atom stereocenters. The van der Waals surface area contributed by atoms with Gasteiger partial charge in [0.15, 0.2) is 0 Å². The van der Waals surface area contributed by atoms with Crippen LogP contribution in [-0.2, 0) is 6.18 Å². The molecule has 4 nitrogen and oxygen atoms in total. The lowest BCUT2D eigenvalue weighted by atomic mass is 9.73. The summed E-state index contributed by atoms with van der Waals surface area (Å²) in [6, 6.07) is 11.5. The number of carbonyl (C=O) groups is 1. The summed E-state index contributed by atoms with van der Waals surface area (Å²) in [7, 11) is 0. The van der Waals surface area contributed by atoms with E-state index in [1.807, 2.05) is 6.07 Å². The lowest BCUT2D eigenvalue weighted by molar-refractivity contribution is -0.141. The first-order chi connectivity index (χ1) is 15.8. The molecule has 0 bridgehead atoms. The fourth-order valence-corrected chi connectivity index (χ4v) is 5.82. The van der Waals surface area contributed by atoms with Gasteiger partial charge in [-0.15, -0.1) is 0 Å². The van der Waals surface area contributed by atoms with Crippen LogP contribution in [0.5, 0.6) is 0 Å². The van der Waals surface area contributed by atoms with Crippen LogP contribution < -0.4 is 4.90 Å². The number of amides is 2. The summed E-state index contributed by atoms with van der Waals surface area (Å²) in [5.41, 5.74) is 1.10. The molecule has 1 aromatic heterocycles. The Balaban J connectivity index is 1.41. The first-order valence-corrected chi connectivity index (χ1v) is 11.9. The zero-order chi connectivity index (χ0) is 23.2. The lowest BCUT2D eigenvalue weighted by Gasteiger charge is -2.44. The number of benzene rings is 1. The van der Waals surface area contributed by atoms with Crippen molar-refractivity contribution in [1.29, 1.82) is 0 Å². The second-order valence-corrected chi connectivity index (χ2v) is 10.0. The van der Waals surface area contributed by atoms with Crippen LogP contribution in [0.15, 0.2) is 42.6 Å². The topological polar surface area (TPSA) is 36.4 Å². The molecule has 1 aromatic carbocycles. The second-order valence-electron chi connectivity index (χ2n) is 10.0. The maximum absolute atomic E-state index is 13.6. The van der Waals surface area contributed by atoms with Crippen LogP contribution >= 0.6 is 0 Å². The molecule has 3 aliphatic rings. The average Bonchev–Trinajstić information content (AvgIpc) is 3.02. The van der Waals surface area contributed by atoms with Crippen molar-refractivity contribution in [3.63, 3.8) is 0 Å². The minimum Gasteiger partial charge on any atom is -0.317 e. The van der Waals surface area contributed by atoms with Crippen LogP contribution in [0.3, 0.4) is 0 Å². The van der Waals surface area contributed by atoms with Crippen LogP contribution in [0.4, 0.5) is 23.7 Å². The summed E-state index contributed by atoms with van der Waals surface area (Å²) in [6.45, 7) is 2.90. The number of aromatic nitrogens is 1. The third kappa shape index (κ3) is 4.11. The largest absolute Gasteiger partial charge is 0.433 e. The Morgan fingerprint density at radius 3 is 2.36 bits per heavy atom. The maximum atomic E-state index is 13.6. The van der Waals surface area contributed by atoms with Gasteiger partial charge >= 0.3 is 12.2 Å². The highest BCUT2D eigenvalue weighted by Gasteiger charge is 2.52. The van der Waals surface area contributed by atoms with Crippen molar-refractivity contribution in [3.05, 3.63) is 59.4 Å². The standard InChI is InChI=1S/C26H30F3N3O/c1-18-14-23(26(27,28)29)30-15-22(18)31-17-25(32(24(31)33)16-19-6-5-7-19)12-10-21(11-13-25)20-8-3-2-4-9-20/h2-4,8-9,14-15,19,21H,5-7,10-13,16-17H2,1H3. The molecule has 7 heteroatoms. The third-order valence-electron chi connectivity index (χ3n) is 8.00. The van der Waals surface area contributed by atoms with Crippen molar-refractivity contribution in [2.45, 2.75) is 69.5 Å². The Morgan fingerprint density at radius 2 is 1.79 bits per heavy atom. The average molecular weight is 458 g/mol. The second kappa shape index (κ2) is 8.33. The van der Waals surface area contributed by atoms with E-state index in [0.29, 0.717) is 29.6 Å². The van der Waals surface area contributed by atoms with E-state index >= 15 is 0 Å². The summed E-state index contributed by atoms with van der Waals surface area (Å²) in [5.74, 6) is 1.02. The molecular weight excluding hydrogens is 427 g/mol. The van der Waals surface area contributed by atoms with Crippen molar-refractivity contribution < 1.29 is 18.0 Å². The summed E-state index contributed by atoms with van der Waals surface area (Å²) < 4.78 is 39.3. The number of carbonyl (C=O) groups excluding carboxylic acids is 1. The highest BCUT2D eigenvalue weighted by atomic mass is 19.4. The highest BCUT2D eigenvalue weighted by molar-refractivity contribution is 5.96. The monoisotopic (exact) mass is 457 g/mol. The van der Waals surface area contributed by atoms with Crippen LogP contribution in [0, 0.1) is 12.8 Å². The van der Waals surface area contributed by atoms with Gasteiger partial charge in [-0.3, -0.25) is 4.90 Å². The van der Waals surface area contributed by atoms with Crippen LogP contribution in [0.25, 0.3) is 0 Å². The Morgan fingerprint density at radius 1 is 1.09 bits per heavy atom. The number of rotatable bonds is 4. The van der Waals surface area contributed by atoms with Gasteiger partial charge in [-0.1, -0.05) is 36.8 Å². The number of nitrogens with zero attached hydrogens (tertiary/aromatic N) is 3. The Kier molecular flexibility index (Phi) is 5.61. The van der Waals surface area contributed by atoms with Gasteiger partial charge in [-0.05, 0) is 74.5 Å². The molecule has 176 valence electrons. The summed E-state index contributed by atoms with van der Waals surface area (Å²) in [5, 5.41) is 0. The normalized spacial score (nSPS) is 26.2. The zero-order valence-corrected chi connectivity index (χ0v) is 18.9. The molecular formula is C26H30F3N3O. The molecule has 5 rings (SSSR count).